The SMILES string of the molecule is Cc1ccc(S(=O)(=O)[C@@H]2C[C@]2(N)CO)cc1. The van der Waals surface area contributed by atoms with Crippen molar-refractivity contribution < 1.29 is 13.5 Å². The zero-order valence-electron chi connectivity index (χ0n) is 9.05. The second kappa shape index (κ2) is 3.55. The largest absolute Gasteiger partial charge is 0.394 e. The van der Waals surface area contributed by atoms with Crippen LogP contribution in [0.5, 0.6) is 0 Å². The molecule has 0 aromatic heterocycles. The van der Waals surface area contributed by atoms with Crippen molar-refractivity contribution in [3.05, 3.63) is 29.8 Å². The van der Waals surface area contributed by atoms with Crippen LogP contribution in [0.4, 0.5) is 0 Å². The Hall–Kier alpha value is -0.910. The molecule has 1 saturated carbocycles. The average molecular weight is 241 g/mol. The van der Waals surface area contributed by atoms with Crippen LogP contribution in [0, 0.1) is 6.92 Å². The van der Waals surface area contributed by atoms with Crippen LogP contribution >= 0.6 is 0 Å². The Balaban J connectivity index is 2.31. The maximum absolute atomic E-state index is 12.1. The first kappa shape index (κ1) is 11.6. The first-order valence-electron chi connectivity index (χ1n) is 5.10. The topological polar surface area (TPSA) is 80.4 Å². The number of aliphatic hydroxyl groups excluding tert-OH is 1. The smallest absolute Gasteiger partial charge is 0.183 e. The molecular weight excluding hydrogens is 226 g/mol. The van der Waals surface area contributed by atoms with Gasteiger partial charge in [0.25, 0.3) is 0 Å². The maximum atomic E-state index is 12.1. The van der Waals surface area contributed by atoms with Crippen LogP contribution in [0.3, 0.4) is 0 Å². The summed E-state index contributed by atoms with van der Waals surface area (Å²) in [6.45, 7) is 1.61. The monoisotopic (exact) mass is 241 g/mol. The fourth-order valence-corrected chi connectivity index (χ4v) is 3.83. The van der Waals surface area contributed by atoms with Crippen LogP contribution in [0.1, 0.15) is 12.0 Å². The average Bonchev–Trinajstić information content (AvgIpc) is 2.93. The molecule has 0 heterocycles. The van der Waals surface area contributed by atoms with Crippen molar-refractivity contribution in [2.75, 3.05) is 6.61 Å². The lowest BCUT2D eigenvalue weighted by molar-refractivity contribution is 0.257. The lowest BCUT2D eigenvalue weighted by Gasteiger charge is -2.08. The van der Waals surface area contributed by atoms with Gasteiger partial charge in [-0.15, -0.1) is 0 Å². The summed E-state index contributed by atoms with van der Waals surface area (Å²) in [6, 6.07) is 6.68. The summed E-state index contributed by atoms with van der Waals surface area (Å²) in [6.07, 6.45) is 0.333. The van der Waals surface area contributed by atoms with Crippen molar-refractivity contribution in [1.82, 2.24) is 0 Å². The highest BCUT2D eigenvalue weighted by molar-refractivity contribution is 7.92. The fraction of sp³-hybridized carbons (Fsp3) is 0.455. The molecule has 0 aliphatic heterocycles. The number of sulfone groups is 1. The molecule has 0 radical (unpaired) electrons. The molecule has 0 unspecified atom stereocenters. The van der Waals surface area contributed by atoms with E-state index >= 15 is 0 Å². The summed E-state index contributed by atoms with van der Waals surface area (Å²) in [5, 5.41) is 8.35. The Kier molecular flexibility index (Phi) is 2.57. The number of benzene rings is 1. The molecule has 0 saturated heterocycles. The highest BCUT2D eigenvalue weighted by Crippen LogP contribution is 2.42. The summed E-state index contributed by atoms with van der Waals surface area (Å²) in [4.78, 5) is 0.281. The molecule has 1 aromatic rings. The number of aryl methyl sites for hydroxylation is 1. The molecule has 3 N–H and O–H groups in total. The van der Waals surface area contributed by atoms with Crippen LogP contribution in [0.15, 0.2) is 29.2 Å². The van der Waals surface area contributed by atoms with E-state index in [4.69, 9.17) is 10.8 Å². The highest BCUT2D eigenvalue weighted by atomic mass is 32.2. The molecule has 1 fully saturated rings. The fourth-order valence-electron chi connectivity index (χ4n) is 1.76. The van der Waals surface area contributed by atoms with Crippen LogP contribution in [-0.2, 0) is 9.84 Å². The van der Waals surface area contributed by atoms with Gasteiger partial charge in [-0.2, -0.15) is 0 Å². The number of rotatable bonds is 3. The second-order valence-corrected chi connectivity index (χ2v) is 6.57. The standard InChI is InChI=1S/C11H15NO3S/c1-8-2-4-9(5-3-8)16(14,15)10-6-11(10,12)7-13/h2-5,10,13H,6-7,12H2,1H3/t10-,11+/m1/s1. The summed E-state index contributed by atoms with van der Waals surface area (Å²) < 4.78 is 24.2. The lowest BCUT2D eigenvalue weighted by atomic mass is 10.2. The summed E-state index contributed by atoms with van der Waals surface area (Å²) in [5.41, 5.74) is 5.78. The molecule has 2 rings (SSSR count). The molecule has 1 aliphatic carbocycles. The van der Waals surface area contributed by atoms with Gasteiger partial charge in [-0.25, -0.2) is 8.42 Å². The minimum atomic E-state index is -3.39. The van der Waals surface area contributed by atoms with Gasteiger partial charge in [0.1, 0.15) is 0 Å². The minimum Gasteiger partial charge on any atom is -0.394 e. The maximum Gasteiger partial charge on any atom is 0.183 e. The van der Waals surface area contributed by atoms with Crippen molar-refractivity contribution in [3.8, 4) is 0 Å². The molecule has 88 valence electrons. The molecule has 16 heavy (non-hydrogen) atoms. The van der Waals surface area contributed by atoms with E-state index in [1.807, 2.05) is 6.92 Å². The molecule has 5 heteroatoms. The molecule has 0 spiro atoms. The van der Waals surface area contributed by atoms with Crippen molar-refractivity contribution in [3.63, 3.8) is 0 Å². The molecule has 1 aliphatic rings. The van der Waals surface area contributed by atoms with E-state index < -0.39 is 20.6 Å². The van der Waals surface area contributed by atoms with Gasteiger partial charge in [0, 0.05) is 0 Å². The van der Waals surface area contributed by atoms with Crippen molar-refractivity contribution >= 4 is 9.84 Å². The normalized spacial score (nSPS) is 29.1. The molecule has 1 aromatic carbocycles. The molecular formula is C11H15NO3S. The van der Waals surface area contributed by atoms with Gasteiger partial charge >= 0.3 is 0 Å². The van der Waals surface area contributed by atoms with E-state index in [2.05, 4.69) is 0 Å². The van der Waals surface area contributed by atoms with E-state index in [0.29, 0.717) is 6.42 Å². The zero-order chi connectivity index (χ0) is 12.0. The third-order valence-corrected chi connectivity index (χ3v) is 5.38. The van der Waals surface area contributed by atoms with Gasteiger partial charge in [0.05, 0.1) is 22.3 Å². The minimum absolute atomic E-state index is 0.281. The van der Waals surface area contributed by atoms with E-state index in [9.17, 15) is 8.42 Å². The van der Waals surface area contributed by atoms with Crippen molar-refractivity contribution in [2.24, 2.45) is 5.73 Å². The Bertz CT molecular complexity index is 494. The van der Waals surface area contributed by atoms with Crippen LogP contribution in [-0.4, -0.2) is 30.9 Å². The Morgan fingerprint density at radius 2 is 2.00 bits per heavy atom. The van der Waals surface area contributed by atoms with Crippen LogP contribution in [0.25, 0.3) is 0 Å². The predicted molar refractivity (Wildman–Crippen MR) is 60.8 cm³/mol. The van der Waals surface area contributed by atoms with E-state index in [-0.39, 0.29) is 11.5 Å². The number of hydrogen-bond acceptors (Lipinski definition) is 4. The van der Waals surface area contributed by atoms with Gasteiger partial charge in [-0.05, 0) is 25.5 Å². The molecule has 4 nitrogen and oxygen atoms in total. The highest BCUT2D eigenvalue weighted by Gasteiger charge is 2.58. The number of nitrogens with two attached hydrogens (primary N) is 1. The first-order valence-corrected chi connectivity index (χ1v) is 6.65. The third-order valence-electron chi connectivity index (χ3n) is 3.07. The predicted octanol–water partition coefficient (Wildman–Crippen LogP) is 0.231. The van der Waals surface area contributed by atoms with E-state index in [1.54, 1.807) is 24.3 Å². The van der Waals surface area contributed by atoms with Crippen LogP contribution in [0.2, 0.25) is 0 Å². The molecule has 2 atom stereocenters. The van der Waals surface area contributed by atoms with E-state index in [1.165, 1.54) is 0 Å². The second-order valence-electron chi connectivity index (χ2n) is 4.44. The summed E-state index contributed by atoms with van der Waals surface area (Å²) >= 11 is 0. The van der Waals surface area contributed by atoms with E-state index in [0.717, 1.165) is 5.56 Å². The summed E-state index contributed by atoms with van der Waals surface area (Å²) in [7, 11) is -3.39. The van der Waals surface area contributed by atoms with Gasteiger partial charge in [-0.1, -0.05) is 17.7 Å². The van der Waals surface area contributed by atoms with Gasteiger partial charge in [0.15, 0.2) is 9.84 Å². The Labute approximate surface area is 95.0 Å². The quantitative estimate of drug-likeness (QED) is 0.794. The van der Waals surface area contributed by atoms with Crippen LogP contribution < -0.4 is 5.73 Å². The Morgan fingerprint density at radius 1 is 1.44 bits per heavy atom. The van der Waals surface area contributed by atoms with Gasteiger partial charge in [0.2, 0.25) is 0 Å². The van der Waals surface area contributed by atoms with Gasteiger partial charge < -0.3 is 10.8 Å². The summed E-state index contributed by atoms with van der Waals surface area (Å²) in [5.74, 6) is 0. The lowest BCUT2D eigenvalue weighted by Crippen LogP contribution is -2.34. The zero-order valence-corrected chi connectivity index (χ0v) is 9.87. The first-order chi connectivity index (χ1) is 7.40. The number of aliphatic hydroxyl groups is 1. The Morgan fingerprint density at radius 3 is 2.44 bits per heavy atom. The number of hydrogen-bond donors (Lipinski definition) is 2. The third kappa shape index (κ3) is 1.75. The molecule has 0 amide bonds. The van der Waals surface area contributed by atoms with Gasteiger partial charge in [-0.3, -0.25) is 0 Å². The molecule has 0 bridgehead atoms. The van der Waals surface area contributed by atoms with Crippen molar-refractivity contribution in [1.29, 1.82) is 0 Å². The van der Waals surface area contributed by atoms with Crippen molar-refractivity contribution in [2.45, 2.75) is 29.0 Å².